The number of aliphatic hydroxyl groups is 1. The first-order valence-corrected chi connectivity index (χ1v) is 4.96. The minimum Gasteiger partial charge on any atom is -0.485 e. The minimum absolute atomic E-state index is 0.147. The summed E-state index contributed by atoms with van der Waals surface area (Å²) in [6, 6.07) is 15.7. The molecule has 0 aliphatic rings. The molecule has 0 amide bonds. The molecule has 0 saturated heterocycles. The van der Waals surface area contributed by atoms with Crippen LogP contribution in [0.4, 0.5) is 0 Å². The molecule has 0 heterocycles. The van der Waals surface area contributed by atoms with E-state index in [2.05, 4.69) is 12.1 Å². The highest BCUT2D eigenvalue weighted by molar-refractivity contribution is 5.87. The van der Waals surface area contributed by atoms with Crippen LogP contribution >= 0.6 is 0 Å². The number of fused-ring (bicyclic) bond motifs is 1. The number of ether oxygens (including phenoxy) is 1. The second-order valence-corrected chi connectivity index (χ2v) is 3.26. The summed E-state index contributed by atoms with van der Waals surface area (Å²) in [6.07, 6.45) is 0.636. The van der Waals surface area contributed by atoms with Gasteiger partial charge in [-0.3, -0.25) is 0 Å². The lowest BCUT2D eigenvalue weighted by molar-refractivity contribution is 0.235. The zero-order valence-corrected chi connectivity index (χ0v) is 8.36. The highest BCUT2D eigenvalue weighted by Gasteiger charge is 1.99. The summed E-state index contributed by atoms with van der Waals surface area (Å²) in [5.74, 6) is 0.710. The standard InChI is InChI=1S/C13H12O2/c14-9-4-10-15-13-8-3-6-11-5-1-2-7-12(11)13/h1-2,5-7,14H,4,9-10H2. The van der Waals surface area contributed by atoms with Gasteiger partial charge in [0, 0.05) is 18.4 Å². The van der Waals surface area contributed by atoms with E-state index in [9.17, 15) is 0 Å². The van der Waals surface area contributed by atoms with Gasteiger partial charge in [-0.2, -0.15) is 0 Å². The van der Waals surface area contributed by atoms with Crippen molar-refractivity contribution in [2.45, 2.75) is 6.42 Å². The van der Waals surface area contributed by atoms with Crippen molar-refractivity contribution in [2.75, 3.05) is 13.2 Å². The van der Waals surface area contributed by atoms with Gasteiger partial charge in [-0.15, -0.1) is 0 Å². The molecule has 0 fully saturated rings. The van der Waals surface area contributed by atoms with Gasteiger partial charge in [-0.1, -0.05) is 24.3 Å². The second-order valence-electron chi connectivity index (χ2n) is 3.26. The average Bonchev–Trinajstić information content (AvgIpc) is 2.30. The van der Waals surface area contributed by atoms with Gasteiger partial charge < -0.3 is 9.84 Å². The molecule has 2 nitrogen and oxygen atoms in total. The van der Waals surface area contributed by atoms with E-state index in [4.69, 9.17) is 9.84 Å². The van der Waals surface area contributed by atoms with Crippen LogP contribution in [0.15, 0.2) is 30.3 Å². The maximum Gasteiger partial charge on any atom is 0.178 e. The van der Waals surface area contributed by atoms with Crippen molar-refractivity contribution in [1.29, 1.82) is 0 Å². The predicted molar refractivity (Wildman–Crippen MR) is 58.8 cm³/mol. The van der Waals surface area contributed by atoms with Crippen LogP contribution in [0.3, 0.4) is 0 Å². The fourth-order valence-corrected chi connectivity index (χ4v) is 1.43. The van der Waals surface area contributed by atoms with E-state index in [1.165, 1.54) is 0 Å². The fourth-order valence-electron chi connectivity index (χ4n) is 1.43. The lowest BCUT2D eigenvalue weighted by Crippen LogP contribution is -1.99. The summed E-state index contributed by atoms with van der Waals surface area (Å²) < 4.78 is 5.51. The normalized spacial score (nSPS) is 9.93. The van der Waals surface area contributed by atoms with Crippen LogP contribution in [0, 0.1) is 12.1 Å². The first kappa shape index (κ1) is 9.82. The van der Waals surface area contributed by atoms with Crippen LogP contribution in [-0.4, -0.2) is 18.3 Å². The Morgan fingerprint density at radius 2 is 2.13 bits per heavy atom. The van der Waals surface area contributed by atoms with E-state index < -0.39 is 0 Å². The first-order chi connectivity index (χ1) is 7.42. The highest BCUT2D eigenvalue weighted by Crippen LogP contribution is 2.22. The summed E-state index contributed by atoms with van der Waals surface area (Å²) in [5.41, 5.74) is 0. The third kappa shape index (κ3) is 2.20. The van der Waals surface area contributed by atoms with Gasteiger partial charge in [0.2, 0.25) is 0 Å². The molecule has 76 valence electrons. The third-order valence-corrected chi connectivity index (χ3v) is 2.17. The fraction of sp³-hybridized carbons (Fsp3) is 0.231. The van der Waals surface area contributed by atoms with Gasteiger partial charge in [0.15, 0.2) is 5.75 Å². The number of rotatable bonds is 4. The molecule has 2 aromatic carbocycles. The molecule has 0 saturated carbocycles. The topological polar surface area (TPSA) is 29.5 Å². The minimum atomic E-state index is 0.147. The molecule has 15 heavy (non-hydrogen) atoms. The molecular weight excluding hydrogens is 188 g/mol. The largest absolute Gasteiger partial charge is 0.485 e. The zero-order valence-electron chi connectivity index (χ0n) is 8.36. The Balaban J connectivity index is 2.26. The Kier molecular flexibility index (Phi) is 3.06. The number of benzene rings is 1. The van der Waals surface area contributed by atoms with Crippen molar-refractivity contribution in [1.82, 2.24) is 0 Å². The van der Waals surface area contributed by atoms with Crippen LogP contribution in [0.25, 0.3) is 10.8 Å². The van der Waals surface area contributed by atoms with Crippen molar-refractivity contribution >= 4 is 10.8 Å². The third-order valence-electron chi connectivity index (χ3n) is 2.17. The average molecular weight is 200 g/mol. The van der Waals surface area contributed by atoms with Gasteiger partial charge in [0.1, 0.15) is 0 Å². The van der Waals surface area contributed by atoms with E-state index in [-0.39, 0.29) is 6.61 Å². The van der Waals surface area contributed by atoms with E-state index >= 15 is 0 Å². The molecule has 0 spiro atoms. The van der Waals surface area contributed by atoms with Gasteiger partial charge in [-0.25, -0.2) is 0 Å². The van der Waals surface area contributed by atoms with Crippen LogP contribution in [0.1, 0.15) is 6.42 Å². The number of hydrogen-bond donors (Lipinski definition) is 1. The van der Waals surface area contributed by atoms with Gasteiger partial charge in [-0.05, 0) is 23.6 Å². The van der Waals surface area contributed by atoms with E-state index in [0.29, 0.717) is 18.8 Å². The van der Waals surface area contributed by atoms with E-state index in [1.54, 1.807) is 0 Å². The Morgan fingerprint density at radius 3 is 3.00 bits per heavy atom. The molecule has 0 atom stereocenters. The quantitative estimate of drug-likeness (QED) is 0.767. The summed E-state index contributed by atoms with van der Waals surface area (Å²) in [4.78, 5) is 0. The van der Waals surface area contributed by atoms with Gasteiger partial charge in [0.05, 0.1) is 6.61 Å². The van der Waals surface area contributed by atoms with E-state index in [1.807, 2.05) is 30.3 Å². The predicted octanol–water partition coefficient (Wildman–Crippen LogP) is 2.20. The summed E-state index contributed by atoms with van der Waals surface area (Å²) in [7, 11) is 0. The number of hydrogen-bond acceptors (Lipinski definition) is 2. The summed E-state index contributed by atoms with van der Waals surface area (Å²) in [5, 5.41) is 10.8. The van der Waals surface area contributed by atoms with Gasteiger partial charge >= 0.3 is 0 Å². The maximum absolute atomic E-state index is 8.66. The van der Waals surface area contributed by atoms with Crippen molar-refractivity contribution in [3.8, 4) is 5.75 Å². The lowest BCUT2D eigenvalue weighted by atomic mass is 10.1. The van der Waals surface area contributed by atoms with Crippen LogP contribution in [-0.2, 0) is 0 Å². The Labute approximate surface area is 89.1 Å². The highest BCUT2D eigenvalue weighted by atomic mass is 16.5. The number of aliphatic hydroxyl groups excluding tert-OH is 1. The zero-order chi connectivity index (χ0) is 10.5. The SMILES string of the molecule is OCCCOc1c#ccc2ccccc12. The van der Waals surface area contributed by atoms with Crippen LogP contribution < -0.4 is 4.74 Å². The van der Waals surface area contributed by atoms with Gasteiger partial charge in [0.25, 0.3) is 0 Å². The lowest BCUT2D eigenvalue weighted by Gasteiger charge is -2.05. The monoisotopic (exact) mass is 200 g/mol. The maximum atomic E-state index is 8.66. The van der Waals surface area contributed by atoms with Crippen molar-refractivity contribution < 1.29 is 9.84 Å². The molecule has 0 aromatic heterocycles. The smallest absolute Gasteiger partial charge is 0.178 e. The first-order valence-electron chi connectivity index (χ1n) is 4.96. The molecule has 0 aliphatic carbocycles. The summed E-state index contributed by atoms with van der Waals surface area (Å²) >= 11 is 0. The van der Waals surface area contributed by atoms with Crippen LogP contribution in [0.2, 0.25) is 0 Å². The summed E-state index contributed by atoms with van der Waals surface area (Å²) in [6.45, 7) is 0.656. The molecule has 1 N–H and O–H groups in total. The Morgan fingerprint density at radius 1 is 1.27 bits per heavy atom. The van der Waals surface area contributed by atoms with Crippen molar-refractivity contribution in [3.05, 3.63) is 42.5 Å². The molecular formula is C13H12O2. The molecule has 0 radical (unpaired) electrons. The van der Waals surface area contributed by atoms with Crippen molar-refractivity contribution in [3.63, 3.8) is 0 Å². The molecule has 2 aromatic rings. The Bertz CT molecular complexity index is 432. The second kappa shape index (κ2) is 4.68. The molecule has 0 bridgehead atoms. The Hall–Kier alpha value is -1.72. The molecule has 0 aliphatic heterocycles. The van der Waals surface area contributed by atoms with E-state index in [0.717, 1.165) is 10.8 Å². The van der Waals surface area contributed by atoms with Crippen LogP contribution in [0.5, 0.6) is 5.75 Å². The molecule has 2 rings (SSSR count). The molecule has 0 unspecified atom stereocenters. The van der Waals surface area contributed by atoms with Crippen molar-refractivity contribution in [2.24, 2.45) is 0 Å². The molecule has 2 heteroatoms.